The summed E-state index contributed by atoms with van der Waals surface area (Å²) in [5.41, 5.74) is 4.02. The van der Waals surface area contributed by atoms with Crippen LogP contribution in [0, 0.1) is 13.8 Å². The first kappa shape index (κ1) is 16.4. The fourth-order valence-electron chi connectivity index (χ4n) is 2.65. The highest BCUT2D eigenvalue weighted by Crippen LogP contribution is 2.26. The van der Waals surface area contributed by atoms with Gasteiger partial charge in [0.25, 0.3) is 0 Å². The molecule has 0 amide bonds. The summed E-state index contributed by atoms with van der Waals surface area (Å²) in [6.07, 6.45) is 0.822. The van der Waals surface area contributed by atoms with Gasteiger partial charge in [-0.05, 0) is 37.0 Å². The molecule has 2 rings (SSSR count). The van der Waals surface area contributed by atoms with Gasteiger partial charge in [-0.2, -0.15) is 0 Å². The molecule has 1 aromatic rings. The Balaban J connectivity index is 0.00000180. The van der Waals surface area contributed by atoms with Crippen molar-refractivity contribution in [3.8, 4) is 0 Å². The molecule has 108 valence electrons. The van der Waals surface area contributed by atoms with Crippen molar-refractivity contribution >= 4 is 12.4 Å². The summed E-state index contributed by atoms with van der Waals surface area (Å²) in [6.45, 7) is 8.79. The molecule has 1 heterocycles. The third-order valence-corrected chi connectivity index (χ3v) is 3.91. The molecule has 1 aliphatic rings. The van der Waals surface area contributed by atoms with Crippen molar-refractivity contribution in [2.75, 3.05) is 32.8 Å². The second kappa shape index (κ2) is 7.85. The van der Waals surface area contributed by atoms with Crippen LogP contribution in [0.1, 0.15) is 29.2 Å². The maximum absolute atomic E-state index is 9.31. The van der Waals surface area contributed by atoms with E-state index in [1.54, 1.807) is 0 Å². The van der Waals surface area contributed by atoms with Gasteiger partial charge in [-0.25, -0.2) is 0 Å². The van der Waals surface area contributed by atoms with Gasteiger partial charge in [-0.3, -0.25) is 4.90 Å². The molecule has 3 nitrogen and oxygen atoms in total. The molecule has 1 fully saturated rings. The normalized spacial score (nSPS) is 17.8. The van der Waals surface area contributed by atoms with Gasteiger partial charge in [0.05, 0.1) is 0 Å². The molecular weight excluding hydrogens is 260 g/mol. The highest BCUT2D eigenvalue weighted by Gasteiger charge is 2.21. The van der Waals surface area contributed by atoms with Crippen molar-refractivity contribution in [3.05, 3.63) is 34.9 Å². The van der Waals surface area contributed by atoms with Crippen LogP contribution in [0.3, 0.4) is 0 Å². The summed E-state index contributed by atoms with van der Waals surface area (Å²) in [4.78, 5) is 2.48. The second-order valence-electron chi connectivity index (χ2n) is 5.16. The summed E-state index contributed by atoms with van der Waals surface area (Å²) < 4.78 is 0. The van der Waals surface area contributed by atoms with Gasteiger partial charge in [0, 0.05) is 38.8 Å². The lowest BCUT2D eigenvalue weighted by Crippen LogP contribution is -2.45. The molecule has 0 bridgehead atoms. The Morgan fingerprint density at radius 2 is 1.89 bits per heavy atom. The molecule has 0 spiro atoms. The van der Waals surface area contributed by atoms with E-state index in [0.717, 1.165) is 32.6 Å². The first-order valence-corrected chi connectivity index (χ1v) is 6.85. The molecule has 0 aromatic heterocycles. The molecule has 0 aliphatic carbocycles. The van der Waals surface area contributed by atoms with Gasteiger partial charge in [0.1, 0.15) is 0 Å². The van der Waals surface area contributed by atoms with E-state index < -0.39 is 0 Å². The van der Waals surface area contributed by atoms with E-state index in [1.165, 1.54) is 16.7 Å². The standard InChI is InChI=1S/C15H24N2O.ClH/c1-12-3-4-14(11-13(12)2)15(5-10-18)17-8-6-16-7-9-17;/h3-4,11,15-16,18H,5-10H2,1-2H3;1H/t15-;/m1./s1. The first-order valence-electron chi connectivity index (χ1n) is 6.85. The monoisotopic (exact) mass is 284 g/mol. The minimum Gasteiger partial charge on any atom is -0.396 e. The zero-order valence-electron chi connectivity index (χ0n) is 11.9. The summed E-state index contributed by atoms with van der Waals surface area (Å²) in [6, 6.07) is 7.04. The molecule has 0 unspecified atom stereocenters. The Morgan fingerprint density at radius 1 is 1.21 bits per heavy atom. The minimum atomic E-state index is 0. The van der Waals surface area contributed by atoms with Gasteiger partial charge in [0.2, 0.25) is 0 Å². The first-order chi connectivity index (χ1) is 8.72. The Labute approximate surface area is 122 Å². The van der Waals surface area contributed by atoms with Crippen LogP contribution in [0.4, 0.5) is 0 Å². The maximum Gasteiger partial charge on any atom is 0.0449 e. The predicted molar refractivity (Wildman–Crippen MR) is 82.1 cm³/mol. The molecule has 1 aromatic carbocycles. The topological polar surface area (TPSA) is 35.5 Å². The minimum absolute atomic E-state index is 0. The number of nitrogens with one attached hydrogen (secondary N) is 1. The average molecular weight is 285 g/mol. The zero-order valence-corrected chi connectivity index (χ0v) is 12.7. The van der Waals surface area contributed by atoms with E-state index in [9.17, 15) is 5.11 Å². The number of aliphatic hydroxyl groups excluding tert-OH is 1. The van der Waals surface area contributed by atoms with Crippen molar-refractivity contribution in [2.45, 2.75) is 26.3 Å². The van der Waals surface area contributed by atoms with Gasteiger partial charge in [0.15, 0.2) is 0 Å². The van der Waals surface area contributed by atoms with Crippen molar-refractivity contribution in [1.29, 1.82) is 0 Å². The Bertz CT molecular complexity index is 392. The van der Waals surface area contributed by atoms with Crippen molar-refractivity contribution in [2.24, 2.45) is 0 Å². The lowest BCUT2D eigenvalue weighted by atomic mass is 9.97. The number of nitrogens with zero attached hydrogens (tertiary/aromatic N) is 1. The number of hydrogen-bond acceptors (Lipinski definition) is 3. The van der Waals surface area contributed by atoms with Crippen molar-refractivity contribution in [1.82, 2.24) is 10.2 Å². The predicted octanol–water partition coefficient (Wildman–Crippen LogP) is 2.05. The Morgan fingerprint density at radius 3 is 2.47 bits per heavy atom. The lowest BCUT2D eigenvalue weighted by Gasteiger charge is -2.35. The van der Waals surface area contributed by atoms with E-state index in [2.05, 4.69) is 42.3 Å². The van der Waals surface area contributed by atoms with E-state index in [0.29, 0.717) is 6.04 Å². The van der Waals surface area contributed by atoms with Gasteiger partial charge < -0.3 is 10.4 Å². The lowest BCUT2D eigenvalue weighted by molar-refractivity contribution is 0.141. The highest BCUT2D eigenvalue weighted by molar-refractivity contribution is 5.85. The fraction of sp³-hybridized carbons (Fsp3) is 0.600. The molecule has 2 N–H and O–H groups in total. The quantitative estimate of drug-likeness (QED) is 0.888. The SMILES string of the molecule is Cc1ccc([C@@H](CCO)N2CCNCC2)cc1C.Cl. The van der Waals surface area contributed by atoms with E-state index in [-0.39, 0.29) is 19.0 Å². The van der Waals surface area contributed by atoms with E-state index in [1.807, 2.05) is 0 Å². The van der Waals surface area contributed by atoms with Crippen molar-refractivity contribution in [3.63, 3.8) is 0 Å². The van der Waals surface area contributed by atoms with Crippen LogP contribution in [0.25, 0.3) is 0 Å². The molecule has 1 aliphatic heterocycles. The van der Waals surface area contributed by atoms with Gasteiger partial charge in [-0.1, -0.05) is 18.2 Å². The largest absolute Gasteiger partial charge is 0.396 e. The second-order valence-corrected chi connectivity index (χ2v) is 5.16. The van der Waals surface area contributed by atoms with Crippen LogP contribution in [0.2, 0.25) is 0 Å². The number of aliphatic hydroxyl groups is 1. The van der Waals surface area contributed by atoms with E-state index >= 15 is 0 Å². The van der Waals surface area contributed by atoms with Crippen LogP contribution in [-0.4, -0.2) is 42.8 Å². The highest BCUT2D eigenvalue weighted by atomic mass is 35.5. The fourth-order valence-corrected chi connectivity index (χ4v) is 2.65. The third-order valence-electron chi connectivity index (χ3n) is 3.91. The Hall–Kier alpha value is -0.610. The summed E-state index contributed by atoms with van der Waals surface area (Å²) in [7, 11) is 0. The molecule has 4 heteroatoms. The third kappa shape index (κ3) is 4.18. The van der Waals surface area contributed by atoms with E-state index in [4.69, 9.17) is 0 Å². The van der Waals surface area contributed by atoms with Gasteiger partial charge >= 0.3 is 0 Å². The average Bonchev–Trinajstić information content (AvgIpc) is 2.40. The van der Waals surface area contributed by atoms with Crippen LogP contribution in [-0.2, 0) is 0 Å². The van der Waals surface area contributed by atoms with Crippen molar-refractivity contribution < 1.29 is 5.11 Å². The summed E-state index contributed by atoms with van der Waals surface area (Å²) in [5, 5.41) is 12.7. The maximum atomic E-state index is 9.31. The molecule has 1 atom stereocenters. The number of aryl methyl sites for hydroxylation is 2. The number of rotatable bonds is 4. The summed E-state index contributed by atoms with van der Waals surface area (Å²) in [5.74, 6) is 0. The molecule has 1 saturated heterocycles. The number of halogens is 1. The molecule has 19 heavy (non-hydrogen) atoms. The van der Waals surface area contributed by atoms with Crippen LogP contribution >= 0.6 is 12.4 Å². The molecule has 0 saturated carbocycles. The van der Waals surface area contributed by atoms with Crippen LogP contribution in [0.5, 0.6) is 0 Å². The molecule has 0 radical (unpaired) electrons. The number of piperazine rings is 1. The van der Waals surface area contributed by atoms with Gasteiger partial charge in [-0.15, -0.1) is 12.4 Å². The van der Waals surface area contributed by atoms with Crippen LogP contribution < -0.4 is 5.32 Å². The summed E-state index contributed by atoms with van der Waals surface area (Å²) >= 11 is 0. The Kier molecular flexibility index (Phi) is 6.80. The zero-order chi connectivity index (χ0) is 13.0. The number of hydrogen-bond donors (Lipinski definition) is 2. The smallest absolute Gasteiger partial charge is 0.0449 e. The number of benzene rings is 1. The van der Waals surface area contributed by atoms with Crippen LogP contribution in [0.15, 0.2) is 18.2 Å². The molecular formula is C15H25ClN2O.